The van der Waals surface area contributed by atoms with Crippen LogP contribution in [-0.2, 0) is 0 Å². The highest BCUT2D eigenvalue weighted by Crippen LogP contribution is 2.33. The summed E-state index contributed by atoms with van der Waals surface area (Å²) in [5.41, 5.74) is 1.33. The first-order valence-corrected chi connectivity index (χ1v) is 6.57. The Morgan fingerprint density at radius 1 is 1.33 bits per heavy atom. The zero-order chi connectivity index (χ0) is 12.8. The van der Waals surface area contributed by atoms with Crippen molar-refractivity contribution in [2.75, 3.05) is 26.7 Å². The Morgan fingerprint density at radius 2 is 2.06 bits per heavy atom. The summed E-state index contributed by atoms with van der Waals surface area (Å²) in [5, 5.41) is 8.60. The number of ether oxygens (including phenoxy) is 1. The predicted molar refractivity (Wildman–Crippen MR) is 71.6 cm³/mol. The van der Waals surface area contributed by atoms with Crippen molar-refractivity contribution in [3.05, 3.63) is 29.8 Å². The molecule has 0 amide bonds. The first-order chi connectivity index (χ1) is 8.85. The van der Waals surface area contributed by atoms with Gasteiger partial charge in [0.2, 0.25) is 0 Å². The van der Waals surface area contributed by atoms with Gasteiger partial charge >= 0.3 is 0 Å². The van der Waals surface area contributed by atoms with E-state index >= 15 is 0 Å². The van der Waals surface area contributed by atoms with E-state index in [-0.39, 0.29) is 0 Å². The van der Waals surface area contributed by atoms with E-state index in [0.717, 1.165) is 38.2 Å². The molecular weight excluding hydrogens is 224 g/mol. The fourth-order valence-electron chi connectivity index (χ4n) is 2.68. The average Bonchev–Trinajstić information content (AvgIpc) is 2.45. The molecule has 1 aliphatic rings. The minimum Gasteiger partial charge on any atom is -0.496 e. The Morgan fingerprint density at radius 3 is 2.72 bits per heavy atom. The third-order valence-electron chi connectivity index (χ3n) is 3.71. The van der Waals surface area contributed by atoms with Gasteiger partial charge in [-0.15, -0.1) is 0 Å². The predicted octanol–water partition coefficient (Wildman–Crippen LogP) is 2.79. The normalized spacial score (nSPS) is 17.3. The molecule has 0 radical (unpaired) electrons. The highest BCUT2D eigenvalue weighted by Gasteiger charge is 2.22. The number of hydrogen-bond donors (Lipinski definition) is 0. The van der Waals surface area contributed by atoms with Gasteiger partial charge in [0.15, 0.2) is 0 Å². The monoisotopic (exact) mass is 244 g/mol. The van der Waals surface area contributed by atoms with E-state index in [1.54, 1.807) is 7.11 Å². The molecule has 0 bridgehead atoms. The van der Waals surface area contributed by atoms with E-state index in [4.69, 9.17) is 10.00 Å². The molecule has 0 unspecified atom stereocenters. The van der Waals surface area contributed by atoms with Crippen molar-refractivity contribution in [2.45, 2.75) is 25.2 Å². The van der Waals surface area contributed by atoms with Crippen LogP contribution >= 0.6 is 0 Å². The smallest absolute Gasteiger partial charge is 0.122 e. The maximum Gasteiger partial charge on any atom is 0.122 e. The second-order valence-electron chi connectivity index (χ2n) is 4.77. The minimum atomic E-state index is 0.597. The molecule has 96 valence electrons. The van der Waals surface area contributed by atoms with Crippen molar-refractivity contribution in [3.8, 4) is 11.8 Å². The van der Waals surface area contributed by atoms with Crippen LogP contribution < -0.4 is 4.74 Å². The van der Waals surface area contributed by atoms with Crippen LogP contribution in [0.2, 0.25) is 0 Å². The molecule has 1 aliphatic heterocycles. The molecule has 18 heavy (non-hydrogen) atoms. The first kappa shape index (κ1) is 12.9. The standard InChI is InChI=1S/C15H20N2O/c1-18-15-6-3-2-5-14(15)13-7-11-17(12-8-13)10-4-9-16/h2-3,5-6,13H,4,7-8,10-12H2,1H3. The summed E-state index contributed by atoms with van der Waals surface area (Å²) in [6.07, 6.45) is 2.96. The zero-order valence-corrected chi connectivity index (χ0v) is 10.9. The van der Waals surface area contributed by atoms with Crippen LogP contribution in [0.15, 0.2) is 24.3 Å². The Bertz CT molecular complexity index is 417. The molecule has 0 spiro atoms. The molecule has 1 aromatic rings. The van der Waals surface area contributed by atoms with Crippen molar-refractivity contribution in [1.29, 1.82) is 5.26 Å². The molecule has 3 nitrogen and oxygen atoms in total. The van der Waals surface area contributed by atoms with Crippen molar-refractivity contribution in [3.63, 3.8) is 0 Å². The SMILES string of the molecule is COc1ccccc1C1CCN(CCC#N)CC1. The lowest BCUT2D eigenvalue weighted by Crippen LogP contribution is -2.33. The van der Waals surface area contributed by atoms with Crippen LogP contribution in [0.4, 0.5) is 0 Å². The van der Waals surface area contributed by atoms with Crippen LogP contribution in [-0.4, -0.2) is 31.6 Å². The molecule has 1 heterocycles. The molecule has 0 saturated carbocycles. The summed E-state index contributed by atoms with van der Waals surface area (Å²) < 4.78 is 5.43. The number of para-hydroxylation sites is 1. The molecule has 0 aliphatic carbocycles. The second kappa shape index (κ2) is 6.42. The molecule has 1 aromatic carbocycles. The van der Waals surface area contributed by atoms with Crippen LogP contribution in [0.25, 0.3) is 0 Å². The quantitative estimate of drug-likeness (QED) is 0.817. The van der Waals surface area contributed by atoms with Gasteiger partial charge in [-0.25, -0.2) is 0 Å². The Labute approximate surface area is 109 Å². The number of likely N-dealkylation sites (tertiary alicyclic amines) is 1. The molecule has 0 atom stereocenters. The van der Waals surface area contributed by atoms with Gasteiger partial charge in [-0.2, -0.15) is 5.26 Å². The summed E-state index contributed by atoms with van der Waals surface area (Å²) in [6.45, 7) is 3.09. The van der Waals surface area contributed by atoms with Gasteiger partial charge < -0.3 is 9.64 Å². The van der Waals surface area contributed by atoms with Gasteiger partial charge in [0, 0.05) is 13.0 Å². The van der Waals surface area contributed by atoms with Crippen LogP contribution in [0.3, 0.4) is 0 Å². The summed E-state index contributed by atoms with van der Waals surface area (Å²) in [6, 6.07) is 10.5. The van der Waals surface area contributed by atoms with E-state index in [2.05, 4.69) is 23.1 Å². The van der Waals surface area contributed by atoms with Crippen LogP contribution in [0.1, 0.15) is 30.7 Å². The van der Waals surface area contributed by atoms with Crippen molar-refractivity contribution in [2.24, 2.45) is 0 Å². The van der Waals surface area contributed by atoms with E-state index in [0.29, 0.717) is 12.3 Å². The molecule has 1 fully saturated rings. The lowest BCUT2D eigenvalue weighted by Gasteiger charge is -2.32. The first-order valence-electron chi connectivity index (χ1n) is 6.57. The highest BCUT2D eigenvalue weighted by atomic mass is 16.5. The fourth-order valence-corrected chi connectivity index (χ4v) is 2.68. The second-order valence-corrected chi connectivity index (χ2v) is 4.77. The third kappa shape index (κ3) is 3.02. The molecule has 1 saturated heterocycles. The van der Waals surface area contributed by atoms with Crippen molar-refractivity contribution >= 4 is 0 Å². The Kier molecular flexibility index (Phi) is 4.60. The van der Waals surface area contributed by atoms with Gasteiger partial charge in [-0.05, 0) is 43.5 Å². The molecule has 0 aromatic heterocycles. The van der Waals surface area contributed by atoms with Gasteiger partial charge in [0.1, 0.15) is 5.75 Å². The van der Waals surface area contributed by atoms with E-state index < -0.39 is 0 Å². The highest BCUT2D eigenvalue weighted by molar-refractivity contribution is 5.36. The minimum absolute atomic E-state index is 0.597. The average molecular weight is 244 g/mol. The van der Waals surface area contributed by atoms with E-state index in [1.807, 2.05) is 12.1 Å². The zero-order valence-electron chi connectivity index (χ0n) is 10.9. The summed E-state index contributed by atoms with van der Waals surface area (Å²) in [4.78, 5) is 2.38. The van der Waals surface area contributed by atoms with Gasteiger partial charge in [0.05, 0.1) is 13.2 Å². The maximum atomic E-state index is 8.60. The lowest BCUT2D eigenvalue weighted by atomic mass is 9.89. The summed E-state index contributed by atoms with van der Waals surface area (Å²) >= 11 is 0. The number of methoxy groups -OCH3 is 1. The molecule has 2 rings (SSSR count). The van der Waals surface area contributed by atoms with Crippen molar-refractivity contribution in [1.82, 2.24) is 4.90 Å². The van der Waals surface area contributed by atoms with Crippen LogP contribution in [0, 0.1) is 11.3 Å². The Hall–Kier alpha value is -1.53. The number of benzene rings is 1. The number of nitriles is 1. The maximum absolute atomic E-state index is 8.60. The van der Waals surface area contributed by atoms with E-state index in [1.165, 1.54) is 5.56 Å². The van der Waals surface area contributed by atoms with Gasteiger partial charge in [-0.3, -0.25) is 0 Å². The van der Waals surface area contributed by atoms with Crippen LogP contribution in [0.5, 0.6) is 5.75 Å². The molecule has 3 heteroatoms. The number of piperidine rings is 1. The third-order valence-corrected chi connectivity index (χ3v) is 3.71. The summed E-state index contributed by atoms with van der Waals surface area (Å²) in [7, 11) is 1.74. The summed E-state index contributed by atoms with van der Waals surface area (Å²) in [5.74, 6) is 1.60. The number of rotatable bonds is 4. The number of hydrogen-bond acceptors (Lipinski definition) is 3. The molecular formula is C15H20N2O. The molecule has 0 N–H and O–H groups in total. The topological polar surface area (TPSA) is 36.3 Å². The van der Waals surface area contributed by atoms with Gasteiger partial charge in [0.25, 0.3) is 0 Å². The van der Waals surface area contributed by atoms with Gasteiger partial charge in [-0.1, -0.05) is 18.2 Å². The number of nitrogens with zero attached hydrogens (tertiary/aromatic N) is 2. The van der Waals surface area contributed by atoms with E-state index in [9.17, 15) is 0 Å². The largest absolute Gasteiger partial charge is 0.496 e. The lowest BCUT2D eigenvalue weighted by molar-refractivity contribution is 0.215. The Balaban J connectivity index is 1.95. The fraction of sp³-hybridized carbons (Fsp3) is 0.533. The van der Waals surface area contributed by atoms with Crippen molar-refractivity contribution < 1.29 is 4.74 Å².